The van der Waals surface area contributed by atoms with E-state index in [1.807, 2.05) is 43.3 Å². The maximum atomic E-state index is 8.27. The van der Waals surface area contributed by atoms with Gasteiger partial charge in [-0.1, -0.05) is 53.6 Å². The highest BCUT2D eigenvalue weighted by Gasteiger charge is 2.16. The molecule has 0 bridgehead atoms. The molecule has 0 saturated carbocycles. The van der Waals surface area contributed by atoms with E-state index in [1.165, 1.54) is 6.21 Å². The first kappa shape index (κ1) is 13.5. The van der Waals surface area contributed by atoms with Crippen molar-refractivity contribution in [1.29, 1.82) is 10.8 Å². The molecular formula is C16H15ClN2. The second-order valence-corrected chi connectivity index (χ2v) is 4.92. The van der Waals surface area contributed by atoms with Crippen molar-refractivity contribution in [2.24, 2.45) is 0 Å². The molecule has 96 valence electrons. The Labute approximate surface area is 118 Å². The predicted molar refractivity (Wildman–Crippen MR) is 81.0 cm³/mol. The third-order valence-electron chi connectivity index (χ3n) is 3.03. The molecule has 0 aliphatic carbocycles. The van der Waals surface area contributed by atoms with Crippen molar-refractivity contribution in [3.63, 3.8) is 0 Å². The van der Waals surface area contributed by atoms with Crippen LogP contribution in [-0.2, 0) is 0 Å². The van der Waals surface area contributed by atoms with E-state index in [-0.39, 0.29) is 5.92 Å². The van der Waals surface area contributed by atoms with Gasteiger partial charge in [-0.15, -0.1) is 0 Å². The van der Waals surface area contributed by atoms with Gasteiger partial charge in [-0.05, 0) is 30.2 Å². The van der Waals surface area contributed by atoms with Gasteiger partial charge in [-0.2, -0.15) is 0 Å². The van der Waals surface area contributed by atoms with Crippen molar-refractivity contribution in [3.8, 4) is 0 Å². The molecule has 0 aliphatic heterocycles. The standard InChI is InChI=1S/C16H15ClN2/c1-11-3-2-4-13(9-11)15(10-18)16(19)12-5-7-14(17)8-6-12/h2-10,15,18-19H,1H3. The van der Waals surface area contributed by atoms with Gasteiger partial charge in [0.15, 0.2) is 0 Å². The molecule has 2 aromatic rings. The summed E-state index contributed by atoms with van der Waals surface area (Å²) in [6, 6.07) is 15.1. The minimum absolute atomic E-state index is 0.318. The minimum atomic E-state index is -0.318. The van der Waals surface area contributed by atoms with Crippen molar-refractivity contribution >= 4 is 23.5 Å². The van der Waals surface area contributed by atoms with E-state index in [2.05, 4.69) is 0 Å². The van der Waals surface area contributed by atoms with E-state index >= 15 is 0 Å². The second kappa shape index (κ2) is 5.81. The number of halogens is 1. The quantitative estimate of drug-likeness (QED) is 0.771. The van der Waals surface area contributed by atoms with Crippen LogP contribution in [0, 0.1) is 17.7 Å². The van der Waals surface area contributed by atoms with Crippen LogP contribution in [0.25, 0.3) is 0 Å². The molecule has 1 atom stereocenters. The largest absolute Gasteiger partial charge is 0.312 e. The molecular weight excluding hydrogens is 256 g/mol. The number of hydrogen-bond acceptors (Lipinski definition) is 2. The van der Waals surface area contributed by atoms with Gasteiger partial charge >= 0.3 is 0 Å². The lowest BCUT2D eigenvalue weighted by atomic mass is 9.90. The van der Waals surface area contributed by atoms with Gasteiger partial charge in [0.05, 0.1) is 11.6 Å². The van der Waals surface area contributed by atoms with Gasteiger partial charge < -0.3 is 10.8 Å². The van der Waals surface area contributed by atoms with Gasteiger partial charge in [0.1, 0.15) is 0 Å². The van der Waals surface area contributed by atoms with E-state index in [4.69, 9.17) is 22.4 Å². The molecule has 0 spiro atoms. The molecule has 2 aromatic carbocycles. The summed E-state index contributed by atoms with van der Waals surface area (Å²) in [6.45, 7) is 2.01. The van der Waals surface area contributed by atoms with E-state index in [0.717, 1.165) is 16.7 Å². The van der Waals surface area contributed by atoms with Crippen molar-refractivity contribution in [1.82, 2.24) is 0 Å². The number of aryl methyl sites for hydroxylation is 1. The Morgan fingerprint density at radius 3 is 2.42 bits per heavy atom. The van der Waals surface area contributed by atoms with E-state index in [0.29, 0.717) is 10.7 Å². The van der Waals surface area contributed by atoms with Crippen molar-refractivity contribution in [2.45, 2.75) is 12.8 Å². The molecule has 2 rings (SSSR count). The number of benzene rings is 2. The first-order valence-corrected chi connectivity index (χ1v) is 6.41. The van der Waals surface area contributed by atoms with Crippen molar-refractivity contribution in [3.05, 3.63) is 70.2 Å². The normalized spacial score (nSPS) is 11.9. The van der Waals surface area contributed by atoms with Gasteiger partial charge in [0.25, 0.3) is 0 Å². The van der Waals surface area contributed by atoms with E-state index in [1.54, 1.807) is 12.1 Å². The summed E-state index contributed by atoms with van der Waals surface area (Å²) in [4.78, 5) is 0. The average molecular weight is 271 g/mol. The van der Waals surface area contributed by atoms with Crippen molar-refractivity contribution in [2.75, 3.05) is 0 Å². The number of nitrogens with one attached hydrogen (secondary N) is 2. The molecule has 0 fully saturated rings. The zero-order valence-corrected chi connectivity index (χ0v) is 11.4. The summed E-state index contributed by atoms with van der Waals surface area (Å²) in [7, 11) is 0. The zero-order valence-electron chi connectivity index (χ0n) is 10.7. The van der Waals surface area contributed by atoms with Crippen LogP contribution < -0.4 is 0 Å². The van der Waals surface area contributed by atoms with Crippen LogP contribution in [0.3, 0.4) is 0 Å². The smallest absolute Gasteiger partial charge is 0.0608 e. The van der Waals surface area contributed by atoms with Gasteiger partial charge in [0.2, 0.25) is 0 Å². The Morgan fingerprint density at radius 2 is 1.84 bits per heavy atom. The lowest BCUT2D eigenvalue weighted by molar-refractivity contribution is 1.17. The number of rotatable bonds is 4. The van der Waals surface area contributed by atoms with Crippen LogP contribution in [0.2, 0.25) is 5.02 Å². The van der Waals surface area contributed by atoms with Gasteiger partial charge in [-0.25, -0.2) is 0 Å². The van der Waals surface area contributed by atoms with Crippen LogP contribution >= 0.6 is 11.6 Å². The van der Waals surface area contributed by atoms with Crippen LogP contribution in [0.5, 0.6) is 0 Å². The molecule has 2 nitrogen and oxygen atoms in total. The summed E-state index contributed by atoms with van der Waals surface area (Å²) in [5.74, 6) is -0.318. The first-order chi connectivity index (χ1) is 9.11. The molecule has 0 amide bonds. The van der Waals surface area contributed by atoms with E-state index < -0.39 is 0 Å². The molecule has 0 aliphatic rings. The molecule has 2 N–H and O–H groups in total. The molecule has 0 aromatic heterocycles. The van der Waals surface area contributed by atoms with Crippen LogP contribution in [-0.4, -0.2) is 11.9 Å². The highest BCUT2D eigenvalue weighted by Crippen LogP contribution is 2.21. The summed E-state index contributed by atoms with van der Waals surface area (Å²) >= 11 is 5.85. The van der Waals surface area contributed by atoms with Gasteiger partial charge in [-0.3, -0.25) is 0 Å². The summed E-state index contributed by atoms with van der Waals surface area (Å²) in [5.41, 5.74) is 3.31. The third-order valence-corrected chi connectivity index (χ3v) is 3.29. The summed E-state index contributed by atoms with van der Waals surface area (Å²) < 4.78 is 0. The molecule has 3 heteroatoms. The average Bonchev–Trinajstić information content (AvgIpc) is 2.40. The molecule has 19 heavy (non-hydrogen) atoms. The first-order valence-electron chi connectivity index (χ1n) is 6.03. The zero-order chi connectivity index (χ0) is 13.8. The Kier molecular flexibility index (Phi) is 4.13. The number of hydrogen-bond donors (Lipinski definition) is 2. The summed E-state index contributed by atoms with van der Waals surface area (Å²) in [5, 5.41) is 16.5. The Bertz CT molecular complexity index is 602. The highest BCUT2D eigenvalue weighted by molar-refractivity contribution is 6.30. The predicted octanol–water partition coefficient (Wildman–Crippen LogP) is 4.45. The minimum Gasteiger partial charge on any atom is -0.312 e. The van der Waals surface area contributed by atoms with Crippen LogP contribution in [0.4, 0.5) is 0 Å². The fourth-order valence-electron chi connectivity index (χ4n) is 2.02. The van der Waals surface area contributed by atoms with Crippen LogP contribution in [0.15, 0.2) is 48.5 Å². The summed E-state index contributed by atoms with van der Waals surface area (Å²) in [6.07, 6.45) is 1.31. The van der Waals surface area contributed by atoms with Crippen LogP contribution in [0.1, 0.15) is 22.6 Å². The maximum Gasteiger partial charge on any atom is 0.0608 e. The fourth-order valence-corrected chi connectivity index (χ4v) is 2.14. The monoisotopic (exact) mass is 270 g/mol. The molecule has 0 saturated heterocycles. The highest BCUT2D eigenvalue weighted by atomic mass is 35.5. The third kappa shape index (κ3) is 3.09. The lowest BCUT2D eigenvalue weighted by Crippen LogP contribution is -2.14. The fraction of sp³-hybridized carbons (Fsp3) is 0.125. The van der Waals surface area contributed by atoms with E-state index in [9.17, 15) is 0 Å². The Hall–Kier alpha value is -1.93. The molecule has 1 unspecified atom stereocenters. The van der Waals surface area contributed by atoms with Gasteiger partial charge in [0, 0.05) is 11.2 Å². The molecule has 0 radical (unpaired) electrons. The second-order valence-electron chi connectivity index (χ2n) is 4.48. The SMILES string of the molecule is Cc1cccc(C(C=N)C(=N)c2ccc(Cl)cc2)c1. The lowest BCUT2D eigenvalue weighted by Gasteiger charge is -2.14. The maximum absolute atomic E-state index is 8.27. The molecule has 0 heterocycles. The Morgan fingerprint density at radius 1 is 1.16 bits per heavy atom. The topological polar surface area (TPSA) is 47.7 Å². The van der Waals surface area contributed by atoms with Crippen molar-refractivity contribution < 1.29 is 0 Å². The Balaban J connectivity index is 2.34.